The van der Waals surface area contributed by atoms with Crippen LogP contribution >= 0.6 is 11.8 Å². The SMILES string of the molecule is Cc1ccc(/C(N)=N/O)c(SC(C)C(C)O)c1. The molecule has 2 unspecified atom stereocenters. The number of nitrogens with zero attached hydrogens (tertiary/aromatic N) is 1. The van der Waals surface area contributed by atoms with Crippen LogP contribution in [-0.2, 0) is 0 Å². The second-order valence-electron chi connectivity index (χ2n) is 4.05. The Kier molecular flexibility index (Phi) is 4.84. The van der Waals surface area contributed by atoms with Gasteiger partial charge in [0.15, 0.2) is 5.84 Å². The number of aryl methyl sites for hydroxylation is 1. The van der Waals surface area contributed by atoms with Crippen molar-refractivity contribution in [3.05, 3.63) is 29.3 Å². The van der Waals surface area contributed by atoms with Crippen LogP contribution in [0.1, 0.15) is 25.0 Å². The fourth-order valence-electron chi connectivity index (χ4n) is 1.29. The molecular weight excluding hydrogens is 236 g/mol. The Hall–Kier alpha value is -1.20. The quantitative estimate of drug-likeness (QED) is 0.252. The predicted molar refractivity (Wildman–Crippen MR) is 70.7 cm³/mol. The fourth-order valence-corrected chi connectivity index (χ4v) is 2.44. The first-order valence-corrected chi connectivity index (χ1v) is 6.27. The number of oxime groups is 1. The lowest BCUT2D eigenvalue weighted by molar-refractivity contribution is 0.196. The van der Waals surface area contributed by atoms with Crippen molar-refractivity contribution in [2.75, 3.05) is 0 Å². The third-order valence-corrected chi connectivity index (χ3v) is 3.87. The summed E-state index contributed by atoms with van der Waals surface area (Å²) in [6.07, 6.45) is -0.416. The minimum Gasteiger partial charge on any atom is -0.409 e. The molecule has 4 N–H and O–H groups in total. The Morgan fingerprint density at radius 3 is 2.59 bits per heavy atom. The van der Waals surface area contributed by atoms with Crippen molar-refractivity contribution < 1.29 is 10.3 Å². The molecule has 0 aliphatic carbocycles. The first-order valence-electron chi connectivity index (χ1n) is 5.39. The highest BCUT2D eigenvalue weighted by atomic mass is 32.2. The Bertz CT molecular complexity index is 419. The average molecular weight is 254 g/mol. The molecule has 0 saturated heterocycles. The Balaban J connectivity index is 3.07. The summed E-state index contributed by atoms with van der Waals surface area (Å²) in [5, 5.41) is 21.3. The van der Waals surface area contributed by atoms with E-state index in [0.717, 1.165) is 10.5 Å². The third-order valence-electron chi connectivity index (χ3n) is 2.51. The van der Waals surface area contributed by atoms with Gasteiger partial charge < -0.3 is 16.0 Å². The van der Waals surface area contributed by atoms with Crippen LogP contribution in [0, 0.1) is 6.92 Å². The summed E-state index contributed by atoms with van der Waals surface area (Å²) in [7, 11) is 0. The predicted octanol–water partition coefficient (Wildman–Crippen LogP) is 1.95. The molecule has 1 aromatic carbocycles. The van der Waals surface area contributed by atoms with Crippen LogP contribution in [0.25, 0.3) is 0 Å². The monoisotopic (exact) mass is 254 g/mol. The number of hydrogen-bond acceptors (Lipinski definition) is 4. The van der Waals surface area contributed by atoms with E-state index in [1.54, 1.807) is 6.92 Å². The molecule has 0 saturated carbocycles. The first kappa shape index (κ1) is 13.9. The Morgan fingerprint density at radius 1 is 1.41 bits per heavy atom. The molecule has 1 rings (SSSR count). The maximum atomic E-state index is 9.51. The lowest BCUT2D eigenvalue weighted by Crippen LogP contribution is -2.18. The molecule has 0 radical (unpaired) electrons. The summed E-state index contributed by atoms with van der Waals surface area (Å²) in [6, 6.07) is 5.70. The minimum absolute atomic E-state index is 0.0436. The van der Waals surface area contributed by atoms with Crippen molar-refractivity contribution >= 4 is 17.6 Å². The number of nitrogens with two attached hydrogens (primary N) is 1. The highest BCUT2D eigenvalue weighted by molar-refractivity contribution is 8.00. The van der Waals surface area contributed by atoms with Crippen LogP contribution in [0.4, 0.5) is 0 Å². The molecule has 1 aromatic rings. The van der Waals surface area contributed by atoms with Gasteiger partial charge in [0.2, 0.25) is 0 Å². The van der Waals surface area contributed by atoms with Gasteiger partial charge in [-0.3, -0.25) is 0 Å². The average Bonchev–Trinajstić information content (AvgIpc) is 2.28. The molecular formula is C12H18N2O2S. The lowest BCUT2D eigenvalue weighted by Gasteiger charge is -2.16. The van der Waals surface area contributed by atoms with Crippen molar-refractivity contribution in [3.63, 3.8) is 0 Å². The Morgan fingerprint density at radius 2 is 2.06 bits per heavy atom. The summed E-state index contributed by atoms with van der Waals surface area (Å²) in [5.41, 5.74) is 7.41. The number of rotatable bonds is 4. The molecule has 0 aliphatic rings. The van der Waals surface area contributed by atoms with Crippen molar-refractivity contribution in [2.24, 2.45) is 10.9 Å². The van der Waals surface area contributed by atoms with Crippen LogP contribution in [0.3, 0.4) is 0 Å². The first-order chi connectivity index (χ1) is 7.95. The van der Waals surface area contributed by atoms with Crippen LogP contribution in [0.5, 0.6) is 0 Å². The van der Waals surface area contributed by atoms with E-state index < -0.39 is 6.10 Å². The van der Waals surface area contributed by atoms with E-state index in [-0.39, 0.29) is 11.1 Å². The van der Waals surface area contributed by atoms with E-state index in [0.29, 0.717) is 5.56 Å². The topological polar surface area (TPSA) is 78.8 Å². The highest BCUT2D eigenvalue weighted by Crippen LogP contribution is 2.29. The molecule has 0 fully saturated rings. The highest BCUT2D eigenvalue weighted by Gasteiger charge is 2.15. The molecule has 0 heterocycles. The Labute approximate surface area is 106 Å². The summed E-state index contributed by atoms with van der Waals surface area (Å²) in [5.74, 6) is 0.0882. The zero-order valence-electron chi connectivity index (χ0n) is 10.2. The zero-order valence-corrected chi connectivity index (χ0v) is 11.0. The van der Waals surface area contributed by atoms with E-state index in [4.69, 9.17) is 10.9 Å². The van der Waals surface area contributed by atoms with Gasteiger partial charge in [0.1, 0.15) is 0 Å². The van der Waals surface area contributed by atoms with Crippen LogP contribution in [0.15, 0.2) is 28.3 Å². The minimum atomic E-state index is -0.416. The molecule has 0 spiro atoms. The van der Waals surface area contributed by atoms with E-state index in [9.17, 15) is 5.11 Å². The number of benzene rings is 1. The lowest BCUT2D eigenvalue weighted by atomic mass is 10.1. The largest absolute Gasteiger partial charge is 0.409 e. The van der Waals surface area contributed by atoms with Gasteiger partial charge in [-0.25, -0.2) is 0 Å². The maximum Gasteiger partial charge on any atom is 0.171 e. The molecule has 2 atom stereocenters. The molecule has 0 amide bonds. The summed E-state index contributed by atoms with van der Waals surface area (Å²) >= 11 is 1.51. The second kappa shape index (κ2) is 5.93. The van der Waals surface area contributed by atoms with Crippen LogP contribution in [0.2, 0.25) is 0 Å². The molecule has 0 bridgehead atoms. The van der Waals surface area contributed by atoms with Gasteiger partial charge in [-0.1, -0.05) is 18.1 Å². The summed E-state index contributed by atoms with van der Waals surface area (Å²) in [4.78, 5) is 0.911. The van der Waals surface area contributed by atoms with E-state index in [1.165, 1.54) is 11.8 Å². The number of aliphatic hydroxyl groups excluding tert-OH is 1. The molecule has 94 valence electrons. The van der Waals surface area contributed by atoms with Crippen LogP contribution in [-0.4, -0.2) is 27.5 Å². The summed E-state index contributed by atoms with van der Waals surface area (Å²) in [6.45, 7) is 5.66. The third kappa shape index (κ3) is 3.64. The van der Waals surface area contributed by atoms with Crippen molar-refractivity contribution in [2.45, 2.75) is 37.0 Å². The van der Waals surface area contributed by atoms with E-state index >= 15 is 0 Å². The fraction of sp³-hybridized carbons (Fsp3) is 0.417. The van der Waals surface area contributed by atoms with Gasteiger partial charge in [-0.2, -0.15) is 0 Å². The van der Waals surface area contributed by atoms with Gasteiger partial charge in [-0.15, -0.1) is 11.8 Å². The maximum absolute atomic E-state index is 9.51. The number of hydrogen-bond donors (Lipinski definition) is 3. The standard InChI is InChI=1S/C12H18N2O2S/c1-7-4-5-10(12(13)14-16)11(6-7)17-9(3)8(2)15/h4-6,8-9,15-16H,1-3H3,(H2,13,14). The molecule has 5 heteroatoms. The second-order valence-corrected chi connectivity index (χ2v) is 5.47. The number of aliphatic hydroxyl groups is 1. The number of amidine groups is 1. The number of thioether (sulfide) groups is 1. The smallest absolute Gasteiger partial charge is 0.171 e. The molecule has 0 aliphatic heterocycles. The van der Waals surface area contributed by atoms with Crippen LogP contribution < -0.4 is 5.73 Å². The molecule has 17 heavy (non-hydrogen) atoms. The van der Waals surface area contributed by atoms with Gasteiger partial charge in [0.05, 0.1) is 6.10 Å². The normalized spacial score (nSPS) is 15.6. The zero-order chi connectivity index (χ0) is 13.0. The van der Waals surface area contributed by atoms with Gasteiger partial charge in [0.25, 0.3) is 0 Å². The van der Waals surface area contributed by atoms with Gasteiger partial charge >= 0.3 is 0 Å². The van der Waals surface area contributed by atoms with E-state index in [1.807, 2.05) is 32.0 Å². The van der Waals surface area contributed by atoms with E-state index in [2.05, 4.69) is 5.16 Å². The van der Waals surface area contributed by atoms with Crippen molar-refractivity contribution in [1.29, 1.82) is 0 Å². The van der Waals surface area contributed by atoms with Crippen molar-refractivity contribution in [3.8, 4) is 0 Å². The molecule has 0 aromatic heterocycles. The summed E-state index contributed by atoms with van der Waals surface area (Å²) < 4.78 is 0. The van der Waals surface area contributed by atoms with Gasteiger partial charge in [-0.05, 0) is 31.5 Å². The van der Waals surface area contributed by atoms with Crippen molar-refractivity contribution in [1.82, 2.24) is 0 Å². The molecule has 4 nitrogen and oxygen atoms in total. The van der Waals surface area contributed by atoms with Gasteiger partial charge in [0, 0.05) is 15.7 Å².